The van der Waals surface area contributed by atoms with E-state index in [1.54, 1.807) is 0 Å². The molecule has 0 saturated carbocycles. The summed E-state index contributed by atoms with van der Waals surface area (Å²) in [6, 6.07) is 16.6. The number of anilines is 2. The maximum atomic E-state index is 6.11. The molecule has 0 N–H and O–H groups in total. The van der Waals surface area contributed by atoms with Gasteiger partial charge in [0.05, 0.1) is 17.9 Å². The molecule has 0 atom stereocenters. The van der Waals surface area contributed by atoms with E-state index in [4.69, 9.17) is 16.6 Å². The first-order valence-corrected chi connectivity index (χ1v) is 7.64. The Kier molecular flexibility index (Phi) is 4.27. The van der Waals surface area contributed by atoms with Crippen LogP contribution in [0, 0.1) is 0 Å². The highest BCUT2D eigenvalue weighted by molar-refractivity contribution is 6.30. The van der Waals surface area contributed by atoms with Crippen LogP contribution in [-0.4, -0.2) is 19.0 Å². The summed E-state index contributed by atoms with van der Waals surface area (Å²) in [5, 5.41) is 0.780. The smallest absolute Gasteiger partial charge is 0.206 e. The van der Waals surface area contributed by atoms with Gasteiger partial charge < -0.3 is 9.80 Å². The predicted molar refractivity (Wildman–Crippen MR) is 95.6 cm³/mol. The van der Waals surface area contributed by atoms with E-state index in [2.05, 4.69) is 40.1 Å². The van der Waals surface area contributed by atoms with E-state index in [1.807, 2.05) is 18.2 Å². The number of para-hydroxylation sites is 2. The van der Waals surface area contributed by atoms with Crippen molar-refractivity contribution in [2.75, 3.05) is 22.9 Å². The average molecular weight is 334 g/mol. The number of rotatable bonds is 2. The van der Waals surface area contributed by atoms with Crippen molar-refractivity contribution in [3.8, 4) is 0 Å². The molecular weight excluding hydrogens is 317 g/mol. The van der Waals surface area contributed by atoms with Gasteiger partial charge in [-0.05, 0) is 36.2 Å². The van der Waals surface area contributed by atoms with Gasteiger partial charge in [0.1, 0.15) is 0 Å². The zero-order chi connectivity index (χ0) is 14.2. The Bertz CT molecular complexity index is 715. The van der Waals surface area contributed by atoms with Gasteiger partial charge in [-0.1, -0.05) is 35.9 Å². The van der Waals surface area contributed by atoms with Crippen LogP contribution in [0.3, 0.4) is 0 Å². The van der Waals surface area contributed by atoms with Crippen LogP contribution < -0.4 is 9.80 Å². The second kappa shape index (κ2) is 6.19. The van der Waals surface area contributed by atoms with Crippen LogP contribution in [0.15, 0.2) is 53.5 Å². The van der Waals surface area contributed by atoms with E-state index in [0.29, 0.717) is 0 Å². The lowest BCUT2D eigenvalue weighted by Gasteiger charge is -2.27. The molecule has 114 valence electrons. The van der Waals surface area contributed by atoms with Gasteiger partial charge in [-0.3, -0.25) is 4.99 Å². The summed E-state index contributed by atoms with van der Waals surface area (Å²) in [5.41, 5.74) is 3.70. The SMILES string of the molecule is Cl.Clc1cccc(CN2C3=NCCCN3c3ccccc32)c1. The topological polar surface area (TPSA) is 18.8 Å². The molecule has 2 heterocycles. The number of fused-ring (bicyclic) bond motifs is 3. The van der Waals surface area contributed by atoms with Gasteiger partial charge in [-0.15, -0.1) is 12.4 Å². The van der Waals surface area contributed by atoms with Crippen LogP contribution >= 0.6 is 24.0 Å². The number of guanidine groups is 1. The summed E-state index contributed by atoms with van der Waals surface area (Å²) in [4.78, 5) is 9.36. The highest BCUT2D eigenvalue weighted by Gasteiger charge is 2.33. The van der Waals surface area contributed by atoms with Crippen LogP contribution in [0.5, 0.6) is 0 Å². The second-order valence-corrected chi connectivity index (χ2v) is 5.83. The maximum absolute atomic E-state index is 6.11. The van der Waals surface area contributed by atoms with Gasteiger partial charge in [-0.2, -0.15) is 0 Å². The van der Waals surface area contributed by atoms with Gasteiger partial charge in [0.15, 0.2) is 0 Å². The van der Waals surface area contributed by atoms with Crippen molar-refractivity contribution >= 4 is 41.3 Å². The summed E-state index contributed by atoms with van der Waals surface area (Å²) in [6.07, 6.45) is 1.11. The van der Waals surface area contributed by atoms with Crippen LogP contribution in [0.2, 0.25) is 5.02 Å². The third kappa shape index (κ3) is 2.55. The molecule has 0 radical (unpaired) electrons. The number of hydrogen-bond donors (Lipinski definition) is 0. The normalized spacial score (nSPS) is 15.8. The molecule has 0 aliphatic carbocycles. The minimum Gasteiger partial charge on any atom is -0.310 e. The van der Waals surface area contributed by atoms with E-state index in [0.717, 1.165) is 37.0 Å². The van der Waals surface area contributed by atoms with E-state index in [9.17, 15) is 0 Å². The minimum atomic E-state index is 0. The molecule has 0 bridgehead atoms. The summed E-state index contributed by atoms with van der Waals surface area (Å²) >= 11 is 6.11. The molecule has 2 aliphatic heterocycles. The van der Waals surface area contributed by atoms with Crippen molar-refractivity contribution in [1.29, 1.82) is 0 Å². The molecule has 4 rings (SSSR count). The fourth-order valence-corrected chi connectivity index (χ4v) is 3.27. The number of halogens is 2. The molecule has 2 aliphatic rings. The largest absolute Gasteiger partial charge is 0.310 e. The van der Waals surface area contributed by atoms with Crippen LogP contribution in [-0.2, 0) is 6.54 Å². The standard InChI is InChI=1S/C17H16ClN3.ClH/c18-14-6-3-5-13(11-14)12-21-16-8-2-1-7-15(16)20-10-4-9-19-17(20)21;/h1-3,5-8,11H,4,9-10,12H2;1H. The third-order valence-corrected chi connectivity index (χ3v) is 4.20. The van der Waals surface area contributed by atoms with Gasteiger partial charge in [0, 0.05) is 18.1 Å². The Morgan fingerprint density at radius 1 is 1.05 bits per heavy atom. The van der Waals surface area contributed by atoms with Gasteiger partial charge in [-0.25, -0.2) is 0 Å². The molecular formula is C17H17Cl2N3. The lowest BCUT2D eigenvalue weighted by molar-refractivity contribution is 0.784. The Labute approximate surface area is 141 Å². The first kappa shape index (κ1) is 15.2. The minimum absolute atomic E-state index is 0. The monoisotopic (exact) mass is 333 g/mol. The van der Waals surface area contributed by atoms with Crippen molar-refractivity contribution in [3.05, 3.63) is 59.1 Å². The summed E-state index contributed by atoms with van der Waals surface area (Å²) < 4.78 is 0. The van der Waals surface area contributed by atoms with E-state index in [-0.39, 0.29) is 12.4 Å². The molecule has 3 nitrogen and oxygen atoms in total. The first-order valence-electron chi connectivity index (χ1n) is 7.26. The zero-order valence-corrected chi connectivity index (χ0v) is 13.6. The molecule has 0 fully saturated rings. The molecule has 5 heteroatoms. The van der Waals surface area contributed by atoms with Gasteiger partial charge in [0.2, 0.25) is 5.96 Å². The third-order valence-electron chi connectivity index (χ3n) is 3.97. The first-order chi connectivity index (χ1) is 10.3. The molecule has 2 aromatic rings. The van der Waals surface area contributed by atoms with Gasteiger partial charge >= 0.3 is 0 Å². The van der Waals surface area contributed by atoms with Gasteiger partial charge in [0.25, 0.3) is 0 Å². The van der Waals surface area contributed by atoms with Crippen LogP contribution in [0.25, 0.3) is 0 Å². The lowest BCUT2D eigenvalue weighted by Crippen LogP contribution is -2.41. The van der Waals surface area contributed by atoms with Crippen LogP contribution in [0.4, 0.5) is 11.4 Å². The summed E-state index contributed by atoms with van der Waals surface area (Å²) in [6.45, 7) is 2.75. The Morgan fingerprint density at radius 2 is 1.86 bits per heavy atom. The quantitative estimate of drug-likeness (QED) is 0.813. The summed E-state index contributed by atoms with van der Waals surface area (Å²) in [7, 11) is 0. The Hall–Kier alpha value is -1.71. The molecule has 0 unspecified atom stereocenters. The number of benzene rings is 2. The fraction of sp³-hybridized carbons (Fsp3) is 0.235. The summed E-state index contributed by atoms with van der Waals surface area (Å²) in [5.74, 6) is 1.07. The molecule has 0 aromatic heterocycles. The Balaban J connectivity index is 0.00000144. The van der Waals surface area contributed by atoms with E-state index < -0.39 is 0 Å². The maximum Gasteiger partial charge on any atom is 0.206 e. The van der Waals surface area contributed by atoms with Crippen LogP contribution in [0.1, 0.15) is 12.0 Å². The number of aliphatic imine (C=N–C) groups is 1. The predicted octanol–water partition coefficient (Wildman–Crippen LogP) is 4.35. The van der Waals surface area contributed by atoms with Crippen molar-refractivity contribution in [3.63, 3.8) is 0 Å². The molecule has 0 saturated heterocycles. The van der Waals surface area contributed by atoms with E-state index >= 15 is 0 Å². The molecule has 2 aromatic carbocycles. The number of hydrogen-bond acceptors (Lipinski definition) is 3. The molecule has 22 heavy (non-hydrogen) atoms. The van der Waals surface area contributed by atoms with Crippen molar-refractivity contribution < 1.29 is 0 Å². The van der Waals surface area contributed by atoms with Crippen molar-refractivity contribution in [2.24, 2.45) is 4.99 Å². The highest BCUT2D eigenvalue weighted by atomic mass is 35.5. The fourth-order valence-electron chi connectivity index (χ4n) is 3.05. The zero-order valence-electron chi connectivity index (χ0n) is 12.1. The number of nitrogens with zero attached hydrogens (tertiary/aromatic N) is 3. The van der Waals surface area contributed by atoms with Crippen molar-refractivity contribution in [1.82, 2.24) is 0 Å². The Morgan fingerprint density at radius 3 is 2.68 bits per heavy atom. The lowest BCUT2D eigenvalue weighted by atomic mass is 10.2. The second-order valence-electron chi connectivity index (χ2n) is 5.39. The van der Waals surface area contributed by atoms with Crippen molar-refractivity contribution in [2.45, 2.75) is 13.0 Å². The highest BCUT2D eigenvalue weighted by Crippen LogP contribution is 2.39. The average Bonchev–Trinajstić information content (AvgIpc) is 2.83. The molecule has 0 amide bonds. The van der Waals surface area contributed by atoms with E-state index in [1.165, 1.54) is 16.9 Å². The molecule has 0 spiro atoms.